The number of carboxylic acids is 1. The van der Waals surface area contributed by atoms with Gasteiger partial charge in [0.25, 0.3) is 0 Å². The standard InChI is InChI=1S/C10H21NO3/c1-3-5-6-7-8-14-11-9(4-2)10(12)13/h9,11H,3-8H2,1-2H3,(H,12,13). The Bertz CT molecular complexity index is 150. The van der Waals surface area contributed by atoms with Gasteiger partial charge in [0.1, 0.15) is 6.04 Å². The predicted octanol–water partition coefficient (Wildman–Crippen LogP) is 1.95. The van der Waals surface area contributed by atoms with Crippen LogP contribution in [0.2, 0.25) is 0 Å². The third kappa shape index (κ3) is 6.86. The monoisotopic (exact) mass is 203 g/mol. The van der Waals surface area contributed by atoms with Gasteiger partial charge in [0.05, 0.1) is 6.61 Å². The van der Waals surface area contributed by atoms with E-state index in [4.69, 9.17) is 9.94 Å². The first-order chi connectivity index (χ1) is 6.72. The first-order valence-corrected chi connectivity index (χ1v) is 5.32. The lowest BCUT2D eigenvalue weighted by Crippen LogP contribution is -2.36. The van der Waals surface area contributed by atoms with E-state index in [-0.39, 0.29) is 0 Å². The summed E-state index contributed by atoms with van der Waals surface area (Å²) >= 11 is 0. The normalized spacial score (nSPS) is 12.7. The lowest BCUT2D eigenvalue weighted by molar-refractivity contribution is -0.144. The zero-order chi connectivity index (χ0) is 10.8. The minimum Gasteiger partial charge on any atom is -0.480 e. The van der Waals surface area contributed by atoms with E-state index >= 15 is 0 Å². The second kappa shape index (κ2) is 8.97. The quantitative estimate of drug-likeness (QED) is 0.444. The van der Waals surface area contributed by atoms with Gasteiger partial charge >= 0.3 is 5.97 Å². The molecule has 0 aliphatic heterocycles. The van der Waals surface area contributed by atoms with Crippen LogP contribution in [0.1, 0.15) is 46.0 Å². The highest BCUT2D eigenvalue weighted by molar-refractivity contribution is 5.73. The fraction of sp³-hybridized carbons (Fsp3) is 0.900. The van der Waals surface area contributed by atoms with Crippen LogP contribution < -0.4 is 5.48 Å². The van der Waals surface area contributed by atoms with E-state index in [2.05, 4.69) is 12.4 Å². The molecule has 84 valence electrons. The Balaban J connectivity index is 3.29. The SMILES string of the molecule is CCCCCCONC(CC)C(=O)O. The fourth-order valence-corrected chi connectivity index (χ4v) is 1.07. The molecule has 0 fully saturated rings. The van der Waals surface area contributed by atoms with E-state index in [1.807, 2.05) is 6.92 Å². The average Bonchev–Trinajstić information content (AvgIpc) is 2.16. The van der Waals surface area contributed by atoms with Crippen molar-refractivity contribution in [3.05, 3.63) is 0 Å². The maximum atomic E-state index is 10.6. The Morgan fingerprint density at radius 3 is 2.57 bits per heavy atom. The highest BCUT2D eigenvalue weighted by atomic mass is 16.6. The number of hydrogen-bond acceptors (Lipinski definition) is 3. The summed E-state index contributed by atoms with van der Waals surface area (Å²) in [5.41, 5.74) is 2.55. The molecule has 0 heterocycles. The number of hydroxylamine groups is 1. The summed E-state index contributed by atoms with van der Waals surface area (Å²) in [6.07, 6.45) is 5.06. The molecule has 0 aromatic carbocycles. The number of nitrogens with one attached hydrogen (secondary N) is 1. The van der Waals surface area contributed by atoms with Crippen LogP contribution >= 0.6 is 0 Å². The van der Waals surface area contributed by atoms with Crippen LogP contribution in [0.4, 0.5) is 0 Å². The summed E-state index contributed by atoms with van der Waals surface area (Å²) in [5.74, 6) is -0.860. The Morgan fingerprint density at radius 1 is 1.36 bits per heavy atom. The fourth-order valence-electron chi connectivity index (χ4n) is 1.07. The number of unbranched alkanes of at least 4 members (excludes halogenated alkanes) is 3. The zero-order valence-corrected chi connectivity index (χ0v) is 9.08. The zero-order valence-electron chi connectivity index (χ0n) is 9.08. The van der Waals surface area contributed by atoms with Crippen LogP contribution in [-0.4, -0.2) is 23.7 Å². The Hall–Kier alpha value is -0.610. The number of aliphatic carboxylic acids is 1. The van der Waals surface area contributed by atoms with Crippen LogP contribution in [0, 0.1) is 0 Å². The van der Waals surface area contributed by atoms with Gasteiger partial charge in [0.15, 0.2) is 0 Å². The van der Waals surface area contributed by atoms with Gasteiger partial charge in [-0.15, -0.1) is 0 Å². The number of carbonyl (C=O) groups is 1. The van der Waals surface area contributed by atoms with Gasteiger partial charge in [-0.3, -0.25) is 4.79 Å². The lowest BCUT2D eigenvalue weighted by Gasteiger charge is -2.11. The minimum absolute atomic E-state index is 0.532. The molecular weight excluding hydrogens is 182 g/mol. The molecule has 0 spiro atoms. The number of rotatable bonds is 9. The van der Waals surface area contributed by atoms with Gasteiger partial charge in [-0.25, -0.2) is 0 Å². The second-order valence-corrected chi connectivity index (χ2v) is 3.33. The molecule has 0 rings (SSSR count). The van der Waals surface area contributed by atoms with E-state index in [9.17, 15) is 4.79 Å². The summed E-state index contributed by atoms with van der Waals surface area (Å²) < 4.78 is 0. The van der Waals surface area contributed by atoms with E-state index in [0.717, 1.165) is 12.8 Å². The summed E-state index contributed by atoms with van der Waals surface area (Å²) in [6.45, 7) is 4.55. The summed E-state index contributed by atoms with van der Waals surface area (Å²) in [6, 6.07) is -0.582. The third-order valence-corrected chi connectivity index (χ3v) is 2.03. The first-order valence-electron chi connectivity index (χ1n) is 5.32. The van der Waals surface area contributed by atoms with E-state index < -0.39 is 12.0 Å². The van der Waals surface area contributed by atoms with Crippen molar-refractivity contribution in [1.82, 2.24) is 5.48 Å². The molecule has 0 saturated carbocycles. The maximum Gasteiger partial charge on any atom is 0.323 e. The van der Waals surface area contributed by atoms with Gasteiger partial charge in [-0.2, -0.15) is 5.48 Å². The Labute approximate surface area is 85.6 Å². The molecule has 4 heteroatoms. The molecule has 0 radical (unpaired) electrons. The number of hydrogen-bond donors (Lipinski definition) is 2. The first kappa shape index (κ1) is 13.4. The Morgan fingerprint density at radius 2 is 2.07 bits per heavy atom. The van der Waals surface area contributed by atoms with Gasteiger partial charge < -0.3 is 9.94 Å². The van der Waals surface area contributed by atoms with Crippen LogP contribution in [0.25, 0.3) is 0 Å². The summed E-state index contributed by atoms with van der Waals surface area (Å²) in [4.78, 5) is 15.6. The average molecular weight is 203 g/mol. The van der Waals surface area contributed by atoms with Gasteiger partial charge in [-0.1, -0.05) is 33.1 Å². The molecule has 0 saturated heterocycles. The molecular formula is C10H21NO3. The molecule has 0 aromatic rings. The smallest absolute Gasteiger partial charge is 0.323 e. The Kier molecular flexibility index (Phi) is 8.57. The predicted molar refractivity (Wildman–Crippen MR) is 54.9 cm³/mol. The van der Waals surface area contributed by atoms with Crippen molar-refractivity contribution in [2.24, 2.45) is 0 Å². The molecule has 0 aromatic heterocycles. The van der Waals surface area contributed by atoms with Crippen LogP contribution in [0.5, 0.6) is 0 Å². The van der Waals surface area contributed by atoms with Crippen molar-refractivity contribution >= 4 is 5.97 Å². The molecule has 0 bridgehead atoms. The van der Waals surface area contributed by atoms with Gasteiger partial charge in [0, 0.05) is 0 Å². The van der Waals surface area contributed by atoms with Gasteiger partial charge in [-0.05, 0) is 12.8 Å². The molecule has 4 nitrogen and oxygen atoms in total. The molecule has 0 aliphatic rings. The second-order valence-electron chi connectivity index (χ2n) is 3.33. The van der Waals surface area contributed by atoms with Crippen molar-refractivity contribution in [3.63, 3.8) is 0 Å². The molecule has 1 atom stereocenters. The minimum atomic E-state index is -0.860. The summed E-state index contributed by atoms with van der Waals surface area (Å²) in [7, 11) is 0. The van der Waals surface area contributed by atoms with Crippen molar-refractivity contribution in [2.45, 2.75) is 52.0 Å². The molecule has 2 N–H and O–H groups in total. The van der Waals surface area contributed by atoms with E-state index in [0.29, 0.717) is 13.0 Å². The van der Waals surface area contributed by atoms with Crippen LogP contribution in [-0.2, 0) is 9.63 Å². The lowest BCUT2D eigenvalue weighted by atomic mass is 10.2. The van der Waals surface area contributed by atoms with Crippen LogP contribution in [0.3, 0.4) is 0 Å². The topological polar surface area (TPSA) is 58.6 Å². The highest BCUT2D eigenvalue weighted by Gasteiger charge is 2.13. The molecule has 1 unspecified atom stereocenters. The van der Waals surface area contributed by atoms with Crippen molar-refractivity contribution in [2.75, 3.05) is 6.61 Å². The highest BCUT2D eigenvalue weighted by Crippen LogP contribution is 1.98. The molecule has 14 heavy (non-hydrogen) atoms. The van der Waals surface area contributed by atoms with Crippen molar-refractivity contribution < 1.29 is 14.7 Å². The number of carboxylic acid groups (broad SMARTS) is 1. The molecule has 0 aliphatic carbocycles. The third-order valence-electron chi connectivity index (χ3n) is 2.03. The van der Waals surface area contributed by atoms with E-state index in [1.165, 1.54) is 12.8 Å². The van der Waals surface area contributed by atoms with Crippen molar-refractivity contribution in [1.29, 1.82) is 0 Å². The molecule has 0 amide bonds. The largest absolute Gasteiger partial charge is 0.480 e. The maximum absolute atomic E-state index is 10.6. The summed E-state index contributed by atoms with van der Waals surface area (Å²) in [5, 5.41) is 8.67. The van der Waals surface area contributed by atoms with E-state index in [1.54, 1.807) is 0 Å². The van der Waals surface area contributed by atoms with Crippen LogP contribution in [0.15, 0.2) is 0 Å². The van der Waals surface area contributed by atoms with Crippen molar-refractivity contribution in [3.8, 4) is 0 Å². The van der Waals surface area contributed by atoms with Gasteiger partial charge in [0.2, 0.25) is 0 Å².